The summed E-state index contributed by atoms with van der Waals surface area (Å²) in [4.78, 5) is 12.1. The van der Waals surface area contributed by atoms with Gasteiger partial charge in [-0.3, -0.25) is 4.79 Å². The Morgan fingerprint density at radius 2 is 1.64 bits per heavy atom. The van der Waals surface area contributed by atoms with Gasteiger partial charge < -0.3 is 9.73 Å². The van der Waals surface area contributed by atoms with Crippen LogP contribution in [0.2, 0.25) is 5.02 Å². The smallest absolute Gasteiger partial charge is 0.291 e. The van der Waals surface area contributed by atoms with Crippen LogP contribution in [0, 0.1) is 5.82 Å². The van der Waals surface area contributed by atoms with Crippen LogP contribution in [-0.2, 0) is 0 Å². The molecule has 0 atom stereocenters. The number of carbonyl (C=O) groups excluding carboxylic acids is 1. The van der Waals surface area contributed by atoms with E-state index in [0.29, 0.717) is 16.5 Å². The number of hydrogen-bond acceptors (Lipinski definition) is 2. The lowest BCUT2D eigenvalue weighted by Crippen LogP contribution is -2.10. The molecular weight excluding hydrogens is 305 g/mol. The quantitative estimate of drug-likeness (QED) is 0.739. The van der Waals surface area contributed by atoms with Crippen molar-refractivity contribution in [2.45, 2.75) is 0 Å². The summed E-state index contributed by atoms with van der Waals surface area (Å²) in [5, 5.41) is 3.27. The van der Waals surface area contributed by atoms with E-state index < -0.39 is 5.91 Å². The van der Waals surface area contributed by atoms with Crippen LogP contribution in [0.4, 0.5) is 10.1 Å². The van der Waals surface area contributed by atoms with Gasteiger partial charge in [0.05, 0.1) is 0 Å². The van der Waals surface area contributed by atoms with Crippen molar-refractivity contribution in [3.05, 3.63) is 77.3 Å². The average molecular weight is 316 g/mol. The second-order valence-corrected chi connectivity index (χ2v) is 5.07. The maximum absolute atomic E-state index is 12.8. The van der Waals surface area contributed by atoms with Crippen molar-refractivity contribution in [1.29, 1.82) is 0 Å². The Labute approximate surface area is 131 Å². The summed E-state index contributed by atoms with van der Waals surface area (Å²) in [6.07, 6.45) is 0. The van der Waals surface area contributed by atoms with Crippen molar-refractivity contribution in [1.82, 2.24) is 0 Å². The number of halogens is 2. The van der Waals surface area contributed by atoms with Gasteiger partial charge in [-0.2, -0.15) is 0 Å². The molecule has 22 heavy (non-hydrogen) atoms. The molecule has 0 radical (unpaired) electrons. The van der Waals surface area contributed by atoms with Crippen molar-refractivity contribution in [2.75, 3.05) is 5.32 Å². The first-order valence-corrected chi connectivity index (χ1v) is 6.92. The number of hydrogen-bond donors (Lipinski definition) is 1. The highest BCUT2D eigenvalue weighted by Gasteiger charge is 2.12. The van der Waals surface area contributed by atoms with Gasteiger partial charge in [0.25, 0.3) is 5.91 Å². The highest BCUT2D eigenvalue weighted by Crippen LogP contribution is 2.24. The van der Waals surface area contributed by atoms with Gasteiger partial charge in [-0.15, -0.1) is 0 Å². The number of amides is 1. The van der Waals surface area contributed by atoms with E-state index in [1.54, 1.807) is 24.3 Å². The summed E-state index contributed by atoms with van der Waals surface area (Å²) >= 11 is 5.83. The van der Waals surface area contributed by atoms with E-state index in [-0.39, 0.29) is 11.6 Å². The molecule has 3 rings (SSSR count). The van der Waals surface area contributed by atoms with Crippen LogP contribution < -0.4 is 5.32 Å². The first-order valence-electron chi connectivity index (χ1n) is 6.54. The van der Waals surface area contributed by atoms with Crippen LogP contribution in [0.5, 0.6) is 0 Å². The fourth-order valence-corrected chi connectivity index (χ4v) is 2.08. The van der Waals surface area contributed by atoms with E-state index in [2.05, 4.69) is 5.32 Å². The third kappa shape index (κ3) is 3.18. The molecule has 1 amide bonds. The number of nitrogens with one attached hydrogen (secondary N) is 1. The Kier molecular flexibility index (Phi) is 3.94. The molecule has 5 heteroatoms. The third-order valence-corrected chi connectivity index (χ3v) is 3.31. The van der Waals surface area contributed by atoms with E-state index in [4.69, 9.17) is 16.0 Å². The monoisotopic (exact) mass is 315 g/mol. The first kappa shape index (κ1) is 14.4. The summed E-state index contributed by atoms with van der Waals surface area (Å²) in [5.41, 5.74) is 1.32. The standard InChI is InChI=1S/C17H11ClFNO2/c18-12-3-1-11(2-4-12)15-9-10-16(22-15)17(21)20-14-7-5-13(19)6-8-14/h1-10H,(H,20,21). The zero-order valence-electron chi connectivity index (χ0n) is 11.3. The lowest BCUT2D eigenvalue weighted by Gasteiger charge is -2.02. The Morgan fingerprint density at radius 1 is 0.955 bits per heavy atom. The zero-order chi connectivity index (χ0) is 15.5. The molecule has 0 bridgehead atoms. The highest BCUT2D eigenvalue weighted by molar-refractivity contribution is 6.30. The fraction of sp³-hybridized carbons (Fsp3) is 0. The van der Waals surface area contributed by atoms with Crippen LogP contribution in [0.25, 0.3) is 11.3 Å². The highest BCUT2D eigenvalue weighted by atomic mass is 35.5. The summed E-state index contributed by atoms with van der Waals surface area (Å²) < 4.78 is 18.4. The molecule has 3 nitrogen and oxygen atoms in total. The van der Waals surface area contributed by atoms with Gasteiger partial charge in [0.1, 0.15) is 11.6 Å². The molecule has 3 aromatic rings. The Hall–Kier alpha value is -2.59. The van der Waals surface area contributed by atoms with Crippen molar-refractivity contribution < 1.29 is 13.6 Å². The van der Waals surface area contributed by atoms with Crippen molar-refractivity contribution in [3.63, 3.8) is 0 Å². The molecule has 0 unspecified atom stereocenters. The minimum atomic E-state index is -0.396. The van der Waals surface area contributed by atoms with Crippen molar-refractivity contribution in [2.24, 2.45) is 0 Å². The minimum Gasteiger partial charge on any atom is -0.451 e. The molecular formula is C17H11ClFNO2. The summed E-state index contributed by atoms with van der Waals surface area (Å²) in [6.45, 7) is 0. The third-order valence-electron chi connectivity index (χ3n) is 3.06. The van der Waals surface area contributed by atoms with Gasteiger partial charge >= 0.3 is 0 Å². The van der Waals surface area contributed by atoms with Gasteiger partial charge in [0, 0.05) is 16.3 Å². The van der Waals surface area contributed by atoms with Crippen LogP contribution in [0.15, 0.2) is 65.1 Å². The molecule has 0 aliphatic carbocycles. The van der Waals surface area contributed by atoms with Crippen LogP contribution in [0.3, 0.4) is 0 Å². The van der Waals surface area contributed by atoms with Crippen molar-refractivity contribution in [3.8, 4) is 11.3 Å². The number of benzene rings is 2. The van der Waals surface area contributed by atoms with Gasteiger partial charge in [-0.25, -0.2) is 4.39 Å². The molecule has 0 saturated carbocycles. The van der Waals surface area contributed by atoms with Crippen LogP contribution in [0.1, 0.15) is 10.6 Å². The largest absolute Gasteiger partial charge is 0.451 e. The Balaban J connectivity index is 1.76. The fourth-order valence-electron chi connectivity index (χ4n) is 1.96. The summed E-state index contributed by atoms with van der Waals surface area (Å²) in [6, 6.07) is 15.9. The molecule has 1 aromatic heterocycles. The molecule has 1 N–H and O–H groups in total. The topological polar surface area (TPSA) is 42.2 Å². The Morgan fingerprint density at radius 3 is 2.32 bits per heavy atom. The SMILES string of the molecule is O=C(Nc1ccc(F)cc1)c1ccc(-c2ccc(Cl)cc2)o1. The van der Waals surface area contributed by atoms with E-state index >= 15 is 0 Å². The predicted molar refractivity (Wildman–Crippen MR) is 83.5 cm³/mol. The van der Waals surface area contributed by atoms with Gasteiger partial charge in [-0.05, 0) is 60.7 Å². The molecule has 0 spiro atoms. The maximum Gasteiger partial charge on any atom is 0.291 e. The van der Waals surface area contributed by atoms with E-state index in [1.165, 1.54) is 24.3 Å². The van der Waals surface area contributed by atoms with Gasteiger partial charge in [-0.1, -0.05) is 11.6 Å². The molecule has 0 fully saturated rings. The lowest BCUT2D eigenvalue weighted by molar-refractivity contribution is 0.0997. The average Bonchev–Trinajstić information content (AvgIpc) is 3.00. The number of furan rings is 1. The summed E-state index contributed by atoms with van der Waals surface area (Å²) in [7, 11) is 0. The zero-order valence-corrected chi connectivity index (χ0v) is 12.1. The number of carbonyl (C=O) groups is 1. The molecule has 0 aliphatic heterocycles. The predicted octanol–water partition coefficient (Wildman–Crippen LogP) is 4.99. The van der Waals surface area contributed by atoms with Crippen molar-refractivity contribution >= 4 is 23.2 Å². The van der Waals surface area contributed by atoms with Crippen LogP contribution >= 0.6 is 11.6 Å². The van der Waals surface area contributed by atoms with E-state index in [9.17, 15) is 9.18 Å². The van der Waals surface area contributed by atoms with E-state index in [0.717, 1.165) is 5.56 Å². The molecule has 1 heterocycles. The van der Waals surface area contributed by atoms with Gasteiger partial charge in [0.15, 0.2) is 5.76 Å². The second-order valence-electron chi connectivity index (χ2n) is 4.63. The molecule has 110 valence electrons. The van der Waals surface area contributed by atoms with Crippen LogP contribution in [-0.4, -0.2) is 5.91 Å². The second kappa shape index (κ2) is 6.03. The minimum absolute atomic E-state index is 0.175. The normalized spacial score (nSPS) is 10.5. The maximum atomic E-state index is 12.8. The van der Waals surface area contributed by atoms with Gasteiger partial charge in [0.2, 0.25) is 0 Å². The lowest BCUT2D eigenvalue weighted by atomic mass is 10.2. The molecule has 0 saturated heterocycles. The number of anilines is 1. The number of rotatable bonds is 3. The first-order chi connectivity index (χ1) is 10.6. The Bertz CT molecular complexity index is 794. The molecule has 2 aromatic carbocycles. The summed E-state index contributed by atoms with van der Waals surface area (Å²) in [5.74, 6) is -0.0111. The molecule has 0 aliphatic rings. The van der Waals surface area contributed by atoms with E-state index in [1.807, 2.05) is 12.1 Å².